The maximum absolute atomic E-state index is 12.2. The second-order valence-electron chi connectivity index (χ2n) is 7.75. The summed E-state index contributed by atoms with van der Waals surface area (Å²) in [6, 6.07) is 10.7. The fraction of sp³-hybridized carbons (Fsp3) is 0.391. The summed E-state index contributed by atoms with van der Waals surface area (Å²) in [4.78, 5) is 24.0. The molecule has 30 heavy (non-hydrogen) atoms. The number of esters is 1. The van der Waals surface area contributed by atoms with E-state index in [1.165, 1.54) is 0 Å². The van der Waals surface area contributed by atoms with Gasteiger partial charge in [0.2, 0.25) is 5.91 Å². The molecule has 1 amide bonds. The highest BCUT2D eigenvalue weighted by Crippen LogP contribution is 2.35. The molecule has 0 heterocycles. The van der Waals surface area contributed by atoms with E-state index in [4.69, 9.17) is 14.2 Å². The lowest BCUT2D eigenvalue weighted by molar-refractivity contribution is -0.142. The first kappa shape index (κ1) is 23.6. The van der Waals surface area contributed by atoms with Crippen LogP contribution in [0.2, 0.25) is 0 Å². The highest BCUT2D eigenvalue weighted by atomic mass is 32.1. The van der Waals surface area contributed by atoms with Crippen molar-refractivity contribution in [2.45, 2.75) is 39.9 Å². The van der Waals surface area contributed by atoms with E-state index in [2.05, 4.69) is 17.9 Å². The van der Waals surface area contributed by atoms with Gasteiger partial charge in [0.15, 0.2) is 11.5 Å². The van der Waals surface area contributed by atoms with Crippen molar-refractivity contribution in [2.24, 2.45) is 5.41 Å². The summed E-state index contributed by atoms with van der Waals surface area (Å²) in [6.07, 6.45) is 0.144. The van der Waals surface area contributed by atoms with Gasteiger partial charge in [-0.25, -0.2) is 0 Å². The van der Waals surface area contributed by atoms with Crippen molar-refractivity contribution in [1.82, 2.24) is 0 Å². The summed E-state index contributed by atoms with van der Waals surface area (Å²) in [5.74, 6) is 1.65. The molecule has 2 rings (SSSR count). The Labute approximate surface area is 183 Å². The Hall–Kier alpha value is -2.67. The van der Waals surface area contributed by atoms with Gasteiger partial charge in [-0.2, -0.15) is 12.6 Å². The number of hydrogen-bond acceptors (Lipinski definition) is 6. The zero-order valence-electron chi connectivity index (χ0n) is 18.1. The number of nitrogens with one attached hydrogen (secondary N) is 1. The highest BCUT2D eigenvalue weighted by molar-refractivity contribution is 7.79. The molecule has 0 atom stereocenters. The van der Waals surface area contributed by atoms with Gasteiger partial charge in [-0.15, -0.1) is 0 Å². The third kappa shape index (κ3) is 6.42. The van der Waals surface area contributed by atoms with Gasteiger partial charge in [-0.1, -0.05) is 26.8 Å². The minimum absolute atomic E-state index is 0.0744. The van der Waals surface area contributed by atoms with Gasteiger partial charge < -0.3 is 19.5 Å². The van der Waals surface area contributed by atoms with Crippen LogP contribution < -0.4 is 14.8 Å². The van der Waals surface area contributed by atoms with Gasteiger partial charge in [0.05, 0.1) is 20.1 Å². The van der Waals surface area contributed by atoms with Crippen molar-refractivity contribution in [3.63, 3.8) is 0 Å². The Bertz CT molecular complexity index is 905. The molecule has 0 unspecified atom stereocenters. The van der Waals surface area contributed by atoms with E-state index in [9.17, 15) is 9.59 Å². The van der Waals surface area contributed by atoms with Crippen LogP contribution in [0.25, 0.3) is 0 Å². The molecule has 0 aliphatic rings. The molecule has 0 aliphatic carbocycles. The maximum atomic E-state index is 12.2. The van der Waals surface area contributed by atoms with Gasteiger partial charge >= 0.3 is 5.97 Å². The second kappa shape index (κ2) is 10.4. The molecule has 0 aromatic heterocycles. The highest BCUT2D eigenvalue weighted by Gasteiger charge is 2.21. The Kier molecular flexibility index (Phi) is 8.17. The fourth-order valence-corrected chi connectivity index (χ4v) is 2.85. The molecule has 0 saturated heterocycles. The van der Waals surface area contributed by atoms with Gasteiger partial charge in [0, 0.05) is 22.4 Å². The van der Waals surface area contributed by atoms with Crippen LogP contribution in [0.15, 0.2) is 36.4 Å². The van der Waals surface area contributed by atoms with Crippen LogP contribution in [-0.4, -0.2) is 25.6 Å². The van der Waals surface area contributed by atoms with Gasteiger partial charge in [-0.3, -0.25) is 9.59 Å². The summed E-state index contributed by atoms with van der Waals surface area (Å²) in [5, 5.41) is 2.91. The van der Waals surface area contributed by atoms with Gasteiger partial charge in [0.25, 0.3) is 0 Å². The number of carbonyl (C=O) groups excluding carboxylic acids is 2. The molecule has 0 spiro atoms. The number of benzene rings is 2. The number of anilines is 1. The van der Waals surface area contributed by atoms with E-state index in [1.807, 2.05) is 26.8 Å². The van der Waals surface area contributed by atoms with Crippen molar-refractivity contribution in [3.8, 4) is 17.2 Å². The molecule has 7 heteroatoms. The monoisotopic (exact) mass is 431 g/mol. The summed E-state index contributed by atoms with van der Waals surface area (Å²) < 4.78 is 16.5. The molecule has 0 bridgehead atoms. The number of thiol groups is 1. The first-order chi connectivity index (χ1) is 14.2. The number of methoxy groups -OCH3 is 1. The summed E-state index contributed by atoms with van der Waals surface area (Å²) in [6.45, 7) is 7.67. The zero-order chi connectivity index (χ0) is 22.3. The normalized spacial score (nSPS) is 11.0. The van der Waals surface area contributed by atoms with E-state index in [0.717, 1.165) is 11.1 Å². The lowest BCUT2D eigenvalue weighted by atomic mass is 9.95. The fourth-order valence-electron chi connectivity index (χ4n) is 2.61. The molecule has 0 fully saturated rings. The van der Waals surface area contributed by atoms with E-state index in [1.54, 1.807) is 44.4 Å². The molecule has 0 saturated carbocycles. The van der Waals surface area contributed by atoms with Crippen molar-refractivity contribution in [1.29, 1.82) is 0 Å². The van der Waals surface area contributed by atoms with Crippen molar-refractivity contribution < 1.29 is 23.8 Å². The van der Waals surface area contributed by atoms with E-state index < -0.39 is 5.41 Å². The molecule has 0 aliphatic heterocycles. The quantitative estimate of drug-likeness (QED) is 0.454. The van der Waals surface area contributed by atoms with Crippen LogP contribution in [0.5, 0.6) is 17.2 Å². The molecule has 0 radical (unpaired) electrons. The number of hydrogen-bond donors (Lipinski definition) is 2. The topological polar surface area (TPSA) is 73.9 Å². The average Bonchev–Trinajstić information content (AvgIpc) is 2.68. The molecule has 2 aromatic carbocycles. The van der Waals surface area contributed by atoms with E-state index in [-0.39, 0.29) is 18.3 Å². The van der Waals surface area contributed by atoms with Gasteiger partial charge in [-0.05, 0) is 42.8 Å². The minimum atomic E-state index is -0.497. The first-order valence-corrected chi connectivity index (χ1v) is 10.4. The molecular weight excluding hydrogens is 402 g/mol. The van der Waals surface area contributed by atoms with E-state index >= 15 is 0 Å². The molecule has 162 valence electrons. The Morgan fingerprint density at radius 3 is 2.33 bits per heavy atom. The van der Waals surface area contributed by atoms with Crippen LogP contribution >= 0.6 is 12.6 Å². The Balaban J connectivity index is 2.27. The SMILES string of the molecule is CCOC(=O)Cc1ccc(OC)c(Oc2ccc(NC(=O)C(C)(C)C)cc2CS)c1. The zero-order valence-corrected chi connectivity index (χ0v) is 19.0. The van der Waals surface area contributed by atoms with Crippen LogP contribution in [0.4, 0.5) is 5.69 Å². The van der Waals surface area contributed by atoms with Crippen molar-refractivity contribution in [2.75, 3.05) is 19.0 Å². The first-order valence-electron chi connectivity index (χ1n) is 9.73. The number of ether oxygens (including phenoxy) is 3. The Morgan fingerprint density at radius 2 is 1.73 bits per heavy atom. The van der Waals surface area contributed by atoms with E-state index in [0.29, 0.717) is 35.3 Å². The van der Waals surface area contributed by atoms with Crippen molar-refractivity contribution >= 4 is 30.2 Å². The van der Waals surface area contributed by atoms with Crippen LogP contribution in [0, 0.1) is 5.41 Å². The summed E-state index contributed by atoms with van der Waals surface area (Å²) in [7, 11) is 1.55. The molecule has 6 nitrogen and oxygen atoms in total. The maximum Gasteiger partial charge on any atom is 0.310 e. The smallest absolute Gasteiger partial charge is 0.310 e. The standard InChI is InChI=1S/C23H29NO5S/c1-6-28-21(25)12-15-7-9-19(27-5)20(11-15)29-18-10-8-17(13-16(18)14-30)24-22(26)23(2,3)4/h7-11,13,30H,6,12,14H2,1-5H3,(H,24,26). The van der Waals surface area contributed by atoms with Crippen molar-refractivity contribution in [3.05, 3.63) is 47.5 Å². The molecule has 1 N–H and O–H groups in total. The third-order valence-electron chi connectivity index (χ3n) is 4.27. The predicted octanol–water partition coefficient (Wildman–Crippen LogP) is 5.01. The Morgan fingerprint density at radius 1 is 1.03 bits per heavy atom. The largest absolute Gasteiger partial charge is 0.493 e. The van der Waals surface area contributed by atoms with Crippen LogP contribution in [0.1, 0.15) is 38.8 Å². The van der Waals surface area contributed by atoms with Crippen LogP contribution in [-0.2, 0) is 26.5 Å². The summed E-state index contributed by atoms with van der Waals surface area (Å²) >= 11 is 4.39. The average molecular weight is 432 g/mol. The van der Waals surface area contributed by atoms with Gasteiger partial charge in [0.1, 0.15) is 5.75 Å². The number of amides is 1. The second-order valence-corrected chi connectivity index (χ2v) is 8.07. The molecule has 2 aromatic rings. The summed E-state index contributed by atoms with van der Waals surface area (Å²) in [5.41, 5.74) is 1.74. The minimum Gasteiger partial charge on any atom is -0.493 e. The lowest BCUT2D eigenvalue weighted by Gasteiger charge is -2.19. The third-order valence-corrected chi connectivity index (χ3v) is 4.61. The van der Waals surface area contributed by atoms with Crippen LogP contribution in [0.3, 0.4) is 0 Å². The predicted molar refractivity (Wildman–Crippen MR) is 121 cm³/mol. The molecular formula is C23H29NO5S. The lowest BCUT2D eigenvalue weighted by Crippen LogP contribution is -2.27. The number of carbonyl (C=O) groups is 2. The number of rotatable bonds is 8.